The number of alkyl carbamates (subject to hydrolysis) is 1. The first-order valence-corrected chi connectivity index (χ1v) is 12.3. The second-order valence-electron chi connectivity index (χ2n) is 11.4. The molecule has 7 heteroatoms. The van der Waals surface area contributed by atoms with Gasteiger partial charge >= 0.3 is 6.09 Å². The van der Waals surface area contributed by atoms with Crippen LogP contribution in [-0.4, -0.2) is 45.7 Å². The van der Waals surface area contributed by atoms with E-state index < -0.39 is 29.2 Å². The van der Waals surface area contributed by atoms with E-state index in [1.807, 2.05) is 30.3 Å². The summed E-state index contributed by atoms with van der Waals surface area (Å²) >= 11 is 0. The predicted octanol–water partition coefficient (Wildman–Crippen LogP) is 3.13. The lowest BCUT2D eigenvalue weighted by atomic mass is 9.46. The molecule has 2 unspecified atom stereocenters. The Kier molecular flexibility index (Phi) is 4.74. The topological polar surface area (TPSA) is 103 Å². The zero-order valence-electron chi connectivity index (χ0n) is 18.8. The van der Waals surface area contributed by atoms with Crippen molar-refractivity contribution in [2.24, 2.45) is 23.2 Å². The van der Waals surface area contributed by atoms with Gasteiger partial charge in [-0.15, -0.1) is 0 Å². The number of benzene rings is 1. The van der Waals surface area contributed by atoms with Crippen LogP contribution in [0, 0.1) is 34.5 Å². The molecule has 1 aromatic rings. The van der Waals surface area contributed by atoms with Crippen molar-refractivity contribution in [2.75, 3.05) is 0 Å². The maximum atomic E-state index is 14.0. The van der Waals surface area contributed by atoms with Gasteiger partial charge < -0.3 is 20.1 Å². The number of nitrogens with zero attached hydrogens (tertiary/aromatic N) is 2. The van der Waals surface area contributed by atoms with E-state index in [0.29, 0.717) is 24.2 Å². The summed E-state index contributed by atoms with van der Waals surface area (Å²) in [5.41, 5.74) is -0.348. The van der Waals surface area contributed by atoms with E-state index in [0.717, 1.165) is 50.5 Å². The third-order valence-corrected chi connectivity index (χ3v) is 8.92. The van der Waals surface area contributed by atoms with Crippen LogP contribution >= 0.6 is 0 Å². The van der Waals surface area contributed by atoms with Gasteiger partial charge in [0.1, 0.15) is 18.7 Å². The first-order chi connectivity index (χ1) is 15.9. The Labute approximate surface area is 194 Å². The highest BCUT2D eigenvalue weighted by molar-refractivity contribution is 5.88. The van der Waals surface area contributed by atoms with Crippen molar-refractivity contribution in [3.05, 3.63) is 35.9 Å². The summed E-state index contributed by atoms with van der Waals surface area (Å²) < 4.78 is 5.50. The number of carbonyl (C=O) groups excluding carboxylic acids is 2. The van der Waals surface area contributed by atoms with Crippen LogP contribution in [0.25, 0.3) is 0 Å². The summed E-state index contributed by atoms with van der Waals surface area (Å²) in [4.78, 5) is 28.7. The van der Waals surface area contributed by atoms with Gasteiger partial charge in [0, 0.05) is 11.5 Å². The molecule has 1 aromatic carbocycles. The maximum Gasteiger partial charge on any atom is 0.408 e. The van der Waals surface area contributed by atoms with Gasteiger partial charge in [-0.2, -0.15) is 5.26 Å². The van der Waals surface area contributed by atoms with E-state index in [4.69, 9.17) is 4.74 Å². The lowest BCUT2D eigenvalue weighted by Crippen LogP contribution is -2.66. The fourth-order valence-corrected chi connectivity index (χ4v) is 8.02. The molecule has 1 saturated heterocycles. The fourth-order valence-electron chi connectivity index (χ4n) is 8.02. The second-order valence-corrected chi connectivity index (χ2v) is 11.4. The fraction of sp³-hybridized carbons (Fsp3) is 0.654. The molecule has 5 aliphatic carbocycles. The summed E-state index contributed by atoms with van der Waals surface area (Å²) in [6.07, 6.45) is 5.93. The summed E-state index contributed by atoms with van der Waals surface area (Å²) in [6.45, 7) is 0.130. The van der Waals surface area contributed by atoms with Crippen molar-refractivity contribution in [3.63, 3.8) is 0 Å². The van der Waals surface area contributed by atoms with Crippen LogP contribution in [0.5, 0.6) is 0 Å². The Hall–Kier alpha value is -2.59. The standard InChI is InChI=1S/C26H31N3O4/c27-13-20-7-19-8-21(19)29(20)23(30)22(28-24(31)33-14-16-4-2-1-3-5-16)25-9-17-6-18(10-25)12-26(32,11-17)15-25/h1-5,17-22,32H,6-12,14-15H2,(H,28,31)/t17-,18+,19-,20+,21+,22-,25?,26?/m1/s1. The number of carbonyl (C=O) groups is 2. The largest absolute Gasteiger partial charge is 0.445 e. The first-order valence-electron chi connectivity index (χ1n) is 12.3. The molecule has 7 nitrogen and oxygen atoms in total. The van der Waals surface area contributed by atoms with Crippen LogP contribution in [0.3, 0.4) is 0 Å². The number of nitriles is 1. The number of rotatable bonds is 5. The van der Waals surface area contributed by atoms with Gasteiger partial charge in [0.2, 0.25) is 5.91 Å². The predicted molar refractivity (Wildman–Crippen MR) is 118 cm³/mol. The Balaban J connectivity index is 1.27. The summed E-state index contributed by atoms with van der Waals surface area (Å²) in [6, 6.07) is 10.7. The summed E-state index contributed by atoms with van der Waals surface area (Å²) in [5, 5.41) is 23.9. The third-order valence-electron chi connectivity index (χ3n) is 8.92. The number of likely N-dealkylation sites (tertiary alicyclic amines) is 1. The molecule has 5 saturated carbocycles. The Bertz CT molecular complexity index is 991. The number of aliphatic hydroxyl groups is 1. The zero-order valence-corrected chi connectivity index (χ0v) is 18.8. The normalized spacial score (nSPS) is 40.6. The molecule has 7 rings (SSSR count). The Morgan fingerprint density at radius 1 is 1.15 bits per heavy atom. The van der Waals surface area contributed by atoms with Crippen LogP contribution in [-0.2, 0) is 16.1 Å². The molecule has 6 aliphatic rings. The molecular formula is C26H31N3O4. The maximum absolute atomic E-state index is 14.0. The number of fused-ring (bicyclic) bond motifs is 1. The van der Waals surface area contributed by atoms with Crippen LogP contribution in [0.4, 0.5) is 4.79 Å². The number of amides is 2. The van der Waals surface area contributed by atoms with E-state index in [9.17, 15) is 20.0 Å². The van der Waals surface area contributed by atoms with E-state index in [1.165, 1.54) is 0 Å². The highest BCUT2D eigenvalue weighted by atomic mass is 16.5. The molecule has 174 valence electrons. The van der Waals surface area contributed by atoms with E-state index in [-0.39, 0.29) is 18.6 Å². The van der Waals surface area contributed by atoms with E-state index >= 15 is 0 Å². The summed E-state index contributed by atoms with van der Waals surface area (Å²) in [7, 11) is 0. The molecule has 1 aliphatic heterocycles. The van der Waals surface area contributed by atoms with E-state index in [1.54, 1.807) is 4.90 Å². The number of piperidine rings is 1. The third kappa shape index (κ3) is 3.59. The van der Waals surface area contributed by atoms with Gasteiger partial charge in [0.15, 0.2) is 0 Å². The minimum absolute atomic E-state index is 0.115. The van der Waals surface area contributed by atoms with Crippen LogP contribution in [0.1, 0.15) is 56.9 Å². The van der Waals surface area contributed by atoms with Crippen molar-refractivity contribution in [1.29, 1.82) is 5.26 Å². The highest BCUT2D eigenvalue weighted by Gasteiger charge is 2.64. The molecular weight excluding hydrogens is 418 g/mol. The molecule has 2 amide bonds. The second kappa shape index (κ2) is 7.46. The van der Waals surface area contributed by atoms with Crippen molar-refractivity contribution in [3.8, 4) is 6.07 Å². The van der Waals surface area contributed by atoms with Crippen molar-refractivity contribution < 1.29 is 19.4 Å². The van der Waals surface area contributed by atoms with Crippen molar-refractivity contribution in [2.45, 2.75) is 81.7 Å². The zero-order chi connectivity index (χ0) is 22.8. The lowest BCUT2D eigenvalue weighted by Gasteiger charge is -2.62. The molecule has 33 heavy (non-hydrogen) atoms. The molecule has 0 spiro atoms. The van der Waals surface area contributed by atoms with Gasteiger partial charge in [-0.3, -0.25) is 4.79 Å². The monoisotopic (exact) mass is 449 g/mol. The SMILES string of the molecule is N#C[C@@H]1C[C@@H]2C[C@@H]2N1C(=O)[C@@H](NC(=O)OCc1ccccc1)C12C[C@@H]3C[C@@H](CC(O)(C3)C1)C2. The molecule has 4 bridgehead atoms. The van der Waals surface area contributed by atoms with Gasteiger partial charge in [0.05, 0.1) is 11.7 Å². The molecule has 2 N–H and O–H groups in total. The Morgan fingerprint density at radius 3 is 2.55 bits per heavy atom. The van der Waals surface area contributed by atoms with Gasteiger partial charge in [-0.05, 0) is 74.7 Å². The number of nitrogens with one attached hydrogen (secondary N) is 1. The lowest BCUT2D eigenvalue weighted by molar-refractivity contribution is -0.180. The molecule has 1 heterocycles. The van der Waals surface area contributed by atoms with Gasteiger partial charge in [-0.25, -0.2) is 4.79 Å². The first kappa shape index (κ1) is 21.0. The highest BCUT2D eigenvalue weighted by Crippen LogP contribution is 2.63. The smallest absolute Gasteiger partial charge is 0.408 e. The number of hydrogen-bond donors (Lipinski definition) is 2. The van der Waals surface area contributed by atoms with Crippen LogP contribution in [0.15, 0.2) is 30.3 Å². The Morgan fingerprint density at radius 2 is 1.88 bits per heavy atom. The molecule has 0 aromatic heterocycles. The average Bonchev–Trinajstić information content (AvgIpc) is 3.44. The summed E-state index contributed by atoms with van der Waals surface area (Å²) in [5.74, 6) is 1.01. The average molecular weight is 450 g/mol. The van der Waals surface area contributed by atoms with Crippen molar-refractivity contribution in [1.82, 2.24) is 10.2 Å². The molecule has 0 radical (unpaired) electrons. The minimum atomic E-state index is -0.770. The number of hydrogen-bond acceptors (Lipinski definition) is 5. The minimum Gasteiger partial charge on any atom is -0.445 e. The molecule has 8 atom stereocenters. The molecule has 6 fully saturated rings. The van der Waals surface area contributed by atoms with E-state index in [2.05, 4.69) is 11.4 Å². The van der Waals surface area contributed by atoms with Gasteiger partial charge in [-0.1, -0.05) is 30.3 Å². The van der Waals surface area contributed by atoms with Gasteiger partial charge in [0.25, 0.3) is 0 Å². The quantitative estimate of drug-likeness (QED) is 0.719. The van der Waals surface area contributed by atoms with Crippen molar-refractivity contribution >= 4 is 12.0 Å². The van der Waals surface area contributed by atoms with Crippen LogP contribution in [0.2, 0.25) is 0 Å². The number of ether oxygens (including phenoxy) is 1. The van der Waals surface area contributed by atoms with Crippen LogP contribution < -0.4 is 5.32 Å².